The predicted molar refractivity (Wildman–Crippen MR) is 113 cm³/mol. The maximum atomic E-state index is 13.2. The van der Waals surface area contributed by atoms with Crippen molar-refractivity contribution in [3.8, 4) is 0 Å². The summed E-state index contributed by atoms with van der Waals surface area (Å²) in [5, 5.41) is 5.70. The Morgan fingerprint density at radius 1 is 1.21 bits per heavy atom. The molecule has 0 saturated heterocycles. The molecule has 0 saturated carbocycles. The molecule has 1 aliphatic rings. The first-order valence-electron chi connectivity index (χ1n) is 9.24. The van der Waals surface area contributed by atoms with E-state index >= 15 is 0 Å². The molecule has 8 heteroatoms. The largest absolute Gasteiger partial charge is 0.343 e. The molecular formula is C21H20FN5OS. The molecule has 6 nitrogen and oxygen atoms in total. The van der Waals surface area contributed by atoms with Gasteiger partial charge < -0.3 is 10.2 Å². The molecule has 0 unspecified atom stereocenters. The summed E-state index contributed by atoms with van der Waals surface area (Å²) in [4.78, 5) is 27.9. The lowest BCUT2D eigenvalue weighted by atomic mass is 9.99. The van der Waals surface area contributed by atoms with E-state index < -0.39 is 0 Å². The third kappa shape index (κ3) is 4.17. The average Bonchev–Trinajstić information content (AvgIpc) is 3.24. The number of hydrogen-bond donors (Lipinski definition) is 1. The van der Waals surface area contributed by atoms with E-state index in [0.717, 1.165) is 35.9 Å². The number of anilines is 2. The minimum Gasteiger partial charge on any atom is -0.343 e. The summed E-state index contributed by atoms with van der Waals surface area (Å²) < 4.78 is 13.2. The lowest BCUT2D eigenvalue weighted by molar-refractivity contribution is 0.102. The first-order valence-corrected chi connectivity index (χ1v) is 10.1. The quantitative estimate of drug-likeness (QED) is 0.695. The normalized spacial score (nSPS) is 14.2. The summed E-state index contributed by atoms with van der Waals surface area (Å²) in [7, 11) is 0. The Morgan fingerprint density at radius 2 is 2.07 bits per heavy atom. The van der Waals surface area contributed by atoms with Crippen LogP contribution in [0.1, 0.15) is 35.0 Å². The second-order valence-corrected chi connectivity index (χ2v) is 7.82. The number of nitrogens with zero attached hydrogens (tertiary/aromatic N) is 4. The van der Waals surface area contributed by atoms with Gasteiger partial charge >= 0.3 is 0 Å². The number of nitrogens with one attached hydrogen (secondary N) is 1. The number of benzene rings is 1. The number of rotatable bonds is 4. The van der Waals surface area contributed by atoms with Gasteiger partial charge in [0, 0.05) is 30.2 Å². The van der Waals surface area contributed by atoms with Crippen molar-refractivity contribution in [2.75, 3.05) is 23.3 Å². The maximum absolute atomic E-state index is 13.2. The molecule has 0 atom stereocenters. The molecule has 29 heavy (non-hydrogen) atoms. The molecule has 3 heterocycles. The minimum absolute atomic E-state index is 0.340. The van der Waals surface area contributed by atoms with Crippen molar-refractivity contribution in [1.82, 2.24) is 15.0 Å². The molecule has 0 fully saturated rings. The van der Waals surface area contributed by atoms with Gasteiger partial charge in [0.2, 0.25) is 0 Å². The van der Waals surface area contributed by atoms with Crippen molar-refractivity contribution in [3.05, 3.63) is 70.4 Å². The molecule has 3 aromatic rings. The number of carbonyl (C=O) groups is 1. The lowest BCUT2D eigenvalue weighted by Gasteiger charge is -2.29. The van der Waals surface area contributed by atoms with Crippen molar-refractivity contribution in [3.63, 3.8) is 0 Å². The summed E-state index contributed by atoms with van der Waals surface area (Å²) in [5.41, 5.74) is 4.18. The van der Waals surface area contributed by atoms with Crippen molar-refractivity contribution in [2.45, 2.75) is 20.3 Å². The van der Waals surface area contributed by atoms with Gasteiger partial charge in [-0.25, -0.2) is 14.4 Å². The second-order valence-electron chi connectivity index (χ2n) is 6.95. The van der Waals surface area contributed by atoms with E-state index in [4.69, 9.17) is 0 Å². The van der Waals surface area contributed by atoms with E-state index in [-0.39, 0.29) is 11.7 Å². The number of carbonyl (C=O) groups excluding carboxylic acids is 1. The van der Waals surface area contributed by atoms with Crippen molar-refractivity contribution >= 4 is 33.8 Å². The zero-order chi connectivity index (χ0) is 20.4. The summed E-state index contributed by atoms with van der Waals surface area (Å²) >= 11 is 1.62. The van der Waals surface area contributed by atoms with E-state index in [1.165, 1.54) is 23.8 Å². The van der Waals surface area contributed by atoms with Crippen molar-refractivity contribution < 1.29 is 9.18 Å². The third-order valence-corrected chi connectivity index (χ3v) is 5.78. The fourth-order valence-electron chi connectivity index (χ4n) is 3.31. The van der Waals surface area contributed by atoms with E-state index in [2.05, 4.69) is 32.1 Å². The van der Waals surface area contributed by atoms with Gasteiger partial charge in [0.25, 0.3) is 5.91 Å². The highest BCUT2D eigenvalue weighted by atomic mass is 32.1. The number of aromatic nitrogens is 3. The molecule has 0 spiro atoms. The van der Waals surface area contributed by atoms with Crippen molar-refractivity contribution in [1.29, 1.82) is 0 Å². The van der Waals surface area contributed by atoms with Gasteiger partial charge in [0.1, 0.15) is 5.82 Å². The summed E-state index contributed by atoms with van der Waals surface area (Å²) in [6.07, 6.45) is 5.98. The Bertz CT molecular complexity index is 1060. The lowest BCUT2D eigenvalue weighted by Crippen LogP contribution is -2.31. The molecule has 0 aliphatic carbocycles. The van der Waals surface area contributed by atoms with Crippen LogP contribution in [0.15, 0.2) is 47.7 Å². The highest BCUT2D eigenvalue weighted by Gasteiger charge is 2.21. The summed E-state index contributed by atoms with van der Waals surface area (Å²) in [5.74, 6) is -0.355. The number of aryl methyl sites for hydroxylation is 1. The van der Waals surface area contributed by atoms with Crippen molar-refractivity contribution in [2.24, 2.45) is 0 Å². The Balaban J connectivity index is 1.49. The van der Waals surface area contributed by atoms with Gasteiger partial charge in [0.05, 0.1) is 18.1 Å². The fraction of sp³-hybridized carbons (Fsp3) is 0.238. The van der Waals surface area contributed by atoms with Gasteiger partial charge in [-0.3, -0.25) is 9.78 Å². The average molecular weight is 409 g/mol. The Hall–Kier alpha value is -3.13. The van der Waals surface area contributed by atoms with Crippen LogP contribution in [0, 0.1) is 12.7 Å². The van der Waals surface area contributed by atoms with Gasteiger partial charge in [-0.15, -0.1) is 11.3 Å². The van der Waals surface area contributed by atoms with E-state index in [9.17, 15) is 9.18 Å². The zero-order valence-corrected chi connectivity index (χ0v) is 17.0. The minimum atomic E-state index is -0.369. The Morgan fingerprint density at radius 3 is 2.76 bits per heavy atom. The Labute approximate surface area is 172 Å². The van der Waals surface area contributed by atoms with Crippen LogP contribution in [0.2, 0.25) is 0 Å². The SMILES string of the molecule is CC1=C(c2cnc(NC(=O)c3ccc(F)cc3C)cn2)CN(c2nccs2)CC1. The van der Waals surface area contributed by atoms with Crippen LogP contribution in [0.3, 0.4) is 0 Å². The van der Waals surface area contributed by atoms with Gasteiger partial charge in [0.15, 0.2) is 10.9 Å². The van der Waals surface area contributed by atoms with E-state index in [0.29, 0.717) is 16.9 Å². The topological polar surface area (TPSA) is 71.0 Å². The van der Waals surface area contributed by atoms with Gasteiger partial charge in [-0.2, -0.15) is 0 Å². The third-order valence-electron chi connectivity index (χ3n) is 4.95. The van der Waals surface area contributed by atoms with Gasteiger partial charge in [-0.1, -0.05) is 5.57 Å². The smallest absolute Gasteiger partial charge is 0.257 e. The van der Waals surface area contributed by atoms with Crippen LogP contribution < -0.4 is 10.2 Å². The number of amides is 1. The molecule has 1 N–H and O–H groups in total. The number of thiazole rings is 1. The monoisotopic (exact) mass is 409 g/mol. The number of halogens is 1. The van der Waals surface area contributed by atoms with Crippen LogP contribution >= 0.6 is 11.3 Å². The van der Waals surface area contributed by atoms with Crippen LogP contribution in [0.4, 0.5) is 15.3 Å². The summed E-state index contributed by atoms with van der Waals surface area (Å²) in [6.45, 7) is 5.47. The second kappa shape index (κ2) is 8.08. The molecule has 2 aromatic heterocycles. The molecule has 1 aromatic carbocycles. The predicted octanol–water partition coefficient (Wildman–Crippen LogP) is 4.32. The molecule has 0 bridgehead atoms. The molecule has 4 rings (SSSR count). The highest BCUT2D eigenvalue weighted by Crippen LogP contribution is 2.29. The Kier molecular flexibility index (Phi) is 5.35. The van der Waals surface area contributed by atoms with E-state index in [1.807, 2.05) is 11.6 Å². The zero-order valence-electron chi connectivity index (χ0n) is 16.1. The van der Waals surface area contributed by atoms with Crippen LogP contribution in [0.25, 0.3) is 5.57 Å². The molecule has 1 amide bonds. The highest BCUT2D eigenvalue weighted by molar-refractivity contribution is 7.13. The molecule has 1 aliphatic heterocycles. The number of hydrogen-bond acceptors (Lipinski definition) is 6. The van der Waals surface area contributed by atoms with E-state index in [1.54, 1.807) is 30.7 Å². The molecule has 148 valence electrons. The molecular weight excluding hydrogens is 389 g/mol. The first kappa shape index (κ1) is 19.2. The molecule has 0 radical (unpaired) electrons. The van der Waals surface area contributed by atoms with Crippen LogP contribution in [-0.2, 0) is 0 Å². The maximum Gasteiger partial charge on any atom is 0.257 e. The van der Waals surface area contributed by atoms with Crippen LogP contribution in [0.5, 0.6) is 0 Å². The summed E-state index contributed by atoms with van der Waals surface area (Å²) in [6, 6.07) is 4.06. The fourth-order valence-corrected chi connectivity index (χ4v) is 3.98. The van der Waals surface area contributed by atoms with Crippen LogP contribution in [-0.4, -0.2) is 33.9 Å². The first-order chi connectivity index (χ1) is 14.0. The van der Waals surface area contributed by atoms with Gasteiger partial charge in [-0.05, 0) is 49.6 Å². The standard InChI is InChI=1S/C21H20FN5OS/c1-13-5-7-27(21-23-6-8-29-21)12-17(13)18-10-25-19(11-24-18)26-20(28)16-4-3-15(22)9-14(16)2/h3-4,6,8-11H,5,7,12H2,1-2H3,(H,25,26,28).